The molecule has 1 fully saturated rings. The molecular formula is C21H33NO2. The fourth-order valence-corrected chi connectivity index (χ4v) is 3.43. The van der Waals surface area contributed by atoms with Crippen molar-refractivity contribution in [1.82, 2.24) is 5.32 Å². The van der Waals surface area contributed by atoms with Gasteiger partial charge in [0, 0.05) is 11.6 Å². The molecular weight excluding hydrogens is 298 g/mol. The van der Waals surface area contributed by atoms with E-state index in [1.54, 1.807) is 0 Å². The molecule has 1 saturated carbocycles. The Balaban J connectivity index is 1.86. The fourth-order valence-electron chi connectivity index (χ4n) is 3.43. The number of hydrogen-bond donors (Lipinski definition) is 1. The predicted octanol–water partition coefficient (Wildman–Crippen LogP) is 5.20. The zero-order valence-electron chi connectivity index (χ0n) is 15.7. The Morgan fingerprint density at radius 3 is 2.54 bits per heavy atom. The highest BCUT2D eigenvalue weighted by Crippen LogP contribution is 2.37. The number of ether oxygens (including phenoxy) is 1. The Kier molecular flexibility index (Phi) is 6.70. The molecule has 3 nitrogen and oxygen atoms in total. The number of nitrogens with one attached hydrogen (secondary N) is 1. The summed E-state index contributed by atoms with van der Waals surface area (Å²) in [6.07, 6.45) is 6.72. The van der Waals surface area contributed by atoms with Gasteiger partial charge in [0.15, 0.2) is 0 Å². The first-order chi connectivity index (χ1) is 11.4. The average molecular weight is 332 g/mol. The van der Waals surface area contributed by atoms with E-state index < -0.39 is 0 Å². The van der Waals surface area contributed by atoms with Gasteiger partial charge in [0.25, 0.3) is 5.91 Å². The van der Waals surface area contributed by atoms with Gasteiger partial charge in [0.05, 0.1) is 6.61 Å². The highest BCUT2D eigenvalue weighted by Gasteiger charge is 2.30. The Labute approximate surface area is 147 Å². The van der Waals surface area contributed by atoms with Crippen LogP contribution in [0, 0.1) is 11.3 Å². The van der Waals surface area contributed by atoms with Crippen LogP contribution in [-0.4, -0.2) is 18.6 Å². The van der Waals surface area contributed by atoms with Crippen LogP contribution in [0.1, 0.15) is 76.6 Å². The number of benzene rings is 1. The van der Waals surface area contributed by atoms with Gasteiger partial charge >= 0.3 is 0 Å². The van der Waals surface area contributed by atoms with Gasteiger partial charge in [-0.2, -0.15) is 0 Å². The Hall–Kier alpha value is -1.51. The second kappa shape index (κ2) is 8.55. The van der Waals surface area contributed by atoms with Gasteiger partial charge in [-0.3, -0.25) is 4.79 Å². The maximum absolute atomic E-state index is 12.5. The highest BCUT2D eigenvalue weighted by atomic mass is 16.5. The van der Waals surface area contributed by atoms with Gasteiger partial charge in [0.1, 0.15) is 5.75 Å². The monoisotopic (exact) mass is 331 g/mol. The molecule has 0 saturated heterocycles. The van der Waals surface area contributed by atoms with E-state index in [1.165, 1.54) is 12.8 Å². The summed E-state index contributed by atoms with van der Waals surface area (Å²) in [5, 5.41) is 3.21. The van der Waals surface area contributed by atoms with E-state index in [0.29, 0.717) is 23.6 Å². The molecule has 0 atom stereocenters. The number of unbranched alkanes of at least 4 members (excludes halogenated alkanes) is 1. The second-order valence-electron chi connectivity index (χ2n) is 8.12. The second-order valence-corrected chi connectivity index (χ2v) is 8.12. The Morgan fingerprint density at radius 1 is 1.21 bits per heavy atom. The number of rotatable bonds is 6. The molecule has 1 N–H and O–H groups in total. The molecule has 0 spiro atoms. The van der Waals surface area contributed by atoms with Gasteiger partial charge in [-0.05, 0) is 61.6 Å². The van der Waals surface area contributed by atoms with Gasteiger partial charge in [-0.1, -0.05) is 40.2 Å². The van der Waals surface area contributed by atoms with Crippen molar-refractivity contribution in [2.45, 2.75) is 72.3 Å². The summed E-state index contributed by atoms with van der Waals surface area (Å²) in [4.78, 5) is 12.5. The minimum Gasteiger partial charge on any atom is -0.494 e. The van der Waals surface area contributed by atoms with Crippen LogP contribution < -0.4 is 10.1 Å². The summed E-state index contributed by atoms with van der Waals surface area (Å²) in [5.74, 6) is 1.57. The van der Waals surface area contributed by atoms with E-state index in [0.717, 1.165) is 37.4 Å². The summed E-state index contributed by atoms with van der Waals surface area (Å²) >= 11 is 0. The van der Waals surface area contributed by atoms with Crippen LogP contribution in [0.4, 0.5) is 0 Å². The van der Waals surface area contributed by atoms with Crippen molar-refractivity contribution in [3.63, 3.8) is 0 Å². The third kappa shape index (κ3) is 5.54. The van der Waals surface area contributed by atoms with Crippen LogP contribution in [-0.2, 0) is 0 Å². The summed E-state index contributed by atoms with van der Waals surface area (Å²) < 4.78 is 5.70. The van der Waals surface area contributed by atoms with E-state index in [1.807, 2.05) is 24.3 Å². The number of amides is 1. The van der Waals surface area contributed by atoms with Crippen LogP contribution in [0.15, 0.2) is 24.3 Å². The molecule has 0 aromatic heterocycles. The minimum absolute atomic E-state index is 0.0233. The van der Waals surface area contributed by atoms with E-state index in [-0.39, 0.29) is 5.91 Å². The van der Waals surface area contributed by atoms with E-state index in [2.05, 4.69) is 33.0 Å². The van der Waals surface area contributed by atoms with Crippen molar-refractivity contribution in [3.05, 3.63) is 29.8 Å². The van der Waals surface area contributed by atoms with Crippen molar-refractivity contribution < 1.29 is 9.53 Å². The topological polar surface area (TPSA) is 38.3 Å². The molecule has 1 aromatic rings. The first-order valence-electron chi connectivity index (χ1n) is 9.44. The minimum atomic E-state index is 0.0233. The molecule has 0 unspecified atom stereocenters. The largest absolute Gasteiger partial charge is 0.494 e. The number of hydrogen-bond acceptors (Lipinski definition) is 2. The van der Waals surface area contributed by atoms with Crippen LogP contribution in [0.5, 0.6) is 5.75 Å². The van der Waals surface area contributed by atoms with Crippen molar-refractivity contribution >= 4 is 5.91 Å². The first-order valence-corrected chi connectivity index (χ1v) is 9.44. The lowest BCUT2D eigenvalue weighted by Crippen LogP contribution is -2.39. The lowest BCUT2D eigenvalue weighted by Gasteiger charge is -2.37. The van der Waals surface area contributed by atoms with Gasteiger partial charge < -0.3 is 10.1 Å². The summed E-state index contributed by atoms with van der Waals surface area (Å²) in [6, 6.07) is 7.84. The molecule has 134 valence electrons. The van der Waals surface area contributed by atoms with Crippen LogP contribution in [0.25, 0.3) is 0 Å². The standard InChI is InChI=1S/C21H33NO2/c1-5-6-14-24-19-9-7-8-16(15-19)20(23)22-18-12-10-17(11-13-18)21(2,3)4/h7-9,15,17-18H,5-6,10-14H2,1-4H3,(H,22,23). The highest BCUT2D eigenvalue weighted by molar-refractivity contribution is 5.94. The van der Waals surface area contributed by atoms with E-state index in [4.69, 9.17) is 4.74 Å². The van der Waals surface area contributed by atoms with Gasteiger partial charge in [-0.25, -0.2) is 0 Å². The fraction of sp³-hybridized carbons (Fsp3) is 0.667. The van der Waals surface area contributed by atoms with E-state index >= 15 is 0 Å². The van der Waals surface area contributed by atoms with Crippen molar-refractivity contribution in [2.75, 3.05) is 6.61 Å². The van der Waals surface area contributed by atoms with Crippen molar-refractivity contribution in [3.8, 4) is 5.75 Å². The lowest BCUT2D eigenvalue weighted by molar-refractivity contribution is 0.0903. The maximum atomic E-state index is 12.5. The smallest absolute Gasteiger partial charge is 0.251 e. The molecule has 3 heteroatoms. The molecule has 1 aliphatic carbocycles. The summed E-state index contributed by atoms with van der Waals surface area (Å²) in [6.45, 7) is 9.81. The SMILES string of the molecule is CCCCOc1cccc(C(=O)NC2CCC(C(C)(C)C)CC2)c1. The van der Waals surface area contributed by atoms with Gasteiger partial charge in [-0.15, -0.1) is 0 Å². The third-order valence-electron chi connectivity index (χ3n) is 5.15. The maximum Gasteiger partial charge on any atom is 0.251 e. The molecule has 2 rings (SSSR count). The average Bonchev–Trinajstić information content (AvgIpc) is 2.55. The summed E-state index contributed by atoms with van der Waals surface area (Å²) in [7, 11) is 0. The number of carbonyl (C=O) groups excluding carboxylic acids is 1. The van der Waals surface area contributed by atoms with E-state index in [9.17, 15) is 4.79 Å². The molecule has 0 aliphatic heterocycles. The zero-order chi connectivity index (χ0) is 17.6. The summed E-state index contributed by atoms with van der Waals surface area (Å²) in [5.41, 5.74) is 1.07. The molecule has 1 amide bonds. The van der Waals surface area contributed by atoms with Crippen molar-refractivity contribution in [2.24, 2.45) is 11.3 Å². The van der Waals surface area contributed by atoms with Crippen LogP contribution in [0.3, 0.4) is 0 Å². The van der Waals surface area contributed by atoms with Crippen LogP contribution in [0.2, 0.25) is 0 Å². The molecule has 1 aliphatic rings. The number of carbonyl (C=O) groups is 1. The molecule has 0 bridgehead atoms. The first kappa shape index (κ1) is 18.8. The van der Waals surface area contributed by atoms with Crippen molar-refractivity contribution in [1.29, 1.82) is 0 Å². The third-order valence-corrected chi connectivity index (χ3v) is 5.15. The zero-order valence-corrected chi connectivity index (χ0v) is 15.7. The lowest BCUT2D eigenvalue weighted by atomic mass is 9.71. The predicted molar refractivity (Wildman–Crippen MR) is 99.5 cm³/mol. The molecule has 24 heavy (non-hydrogen) atoms. The Morgan fingerprint density at radius 2 is 1.92 bits per heavy atom. The quantitative estimate of drug-likeness (QED) is 0.728. The van der Waals surface area contributed by atoms with Gasteiger partial charge in [0.2, 0.25) is 0 Å². The van der Waals surface area contributed by atoms with Crippen LogP contribution >= 0.6 is 0 Å². The molecule has 0 heterocycles. The normalized spacial score (nSPS) is 21.3. The Bertz CT molecular complexity index is 525. The molecule has 1 aromatic carbocycles. The molecule has 0 radical (unpaired) electrons.